The third-order valence-electron chi connectivity index (χ3n) is 6.45. The van der Waals surface area contributed by atoms with Gasteiger partial charge < -0.3 is 15.0 Å². The van der Waals surface area contributed by atoms with Crippen LogP contribution in [0.1, 0.15) is 49.2 Å². The quantitative estimate of drug-likeness (QED) is 0.485. The van der Waals surface area contributed by atoms with Crippen molar-refractivity contribution in [1.29, 1.82) is 0 Å². The van der Waals surface area contributed by atoms with Gasteiger partial charge in [0.05, 0.1) is 29.4 Å². The molecular weight excluding hydrogens is 495 g/mol. The maximum absolute atomic E-state index is 14.8. The Labute approximate surface area is 207 Å². The number of hydrogen-bond acceptors (Lipinski definition) is 8. The number of hydrogen-bond donors (Lipinski definition) is 1. The SMILES string of the molecule is COc1nc2nc(C)nc(N[C@H](C)c3cccc(C(F)F)c3F)c2cc1S(=O)(=O)C1CCN(C)CC1. The fraction of sp³-hybridized carbons (Fsp3) is 0.458. The van der Waals surface area contributed by atoms with Gasteiger partial charge in [-0.25, -0.2) is 31.6 Å². The Morgan fingerprint density at radius 1 is 1.14 bits per heavy atom. The van der Waals surface area contributed by atoms with E-state index in [0.29, 0.717) is 37.1 Å². The highest BCUT2D eigenvalue weighted by molar-refractivity contribution is 7.92. The summed E-state index contributed by atoms with van der Waals surface area (Å²) in [5.74, 6) is -0.525. The molecule has 2 aromatic heterocycles. The number of likely N-dealkylation sites (tertiary alicyclic amines) is 1. The smallest absolute Gasteiger partial charge is 0.266 e. The number of sulfone groups is 1. The first kappa shape index (κ1) is 26.1. The largest absolute Gasteiger partial charge is 0.480 e. The molecule has 1 saturated heterocycles. The van der Waals surface area contributed by atoms with Gasteiger partial charge in [0, 0.05) is 5.56 Å². The first-order valence-electron chi connectivity index (χ1n) is 11.5. The number of rotatable bonds is 7. The van der Waals surface area contributed by atoms with E-state index in [9.17, 15) is 21.6 Å². The Hall–Kier alpha value is -2.99. The summed E-state index contributed by atoms with van der Waals surface area (Å²) in [7, 11) is -0.503. The van der Waals surface area contributed by atoms with Crippen LogP contribution >= 0.6 is 0 Å². The molecule has 3 heterocycles. The number of nitrogens with one attached hydrogen (secondary N) is 1. The fourth-order valence-corrected chi connectivity index (χ4v) is 6.26. The number of anilines is 1. The number of halogens is 3. The first-order chi connectivity index (χ1) is 17.0. The van der Waals surface area contributed by atoms with Crippen molar-refractivity contribution in [2.75, 3.05) is 32.6 Å². The standard InChI is InChI=1S/C24H28F3N5O3S/c1-13(16-6-5-7-17(20(16)25)21(26)27)28-22-18-12-19(24(35-4)31-23(18)30-14(2)29-22)36(33,34)15-8-10-32(3)11-9-15/h5-7,12-13,15,21H,8-11H2,1-4H3,(H,28,29,30,31)/t13-/m1/s1. The van der Waals surface area contributed by atoms with Crippen molar-refractivity contribution in [2.24, 2.45) is 0 Å². The molecule has 194 valence electrons. The molecule has 1 aliphatic rings. The van der Waals surface area contributed by atoms with Gasteiger partial charge in [0.15, 0.2) is 15.5 Å². The van der Waals surface area contributed by atoms with Crippen LogP contribution < -0.4 is 10.1 Å². The molecule has 0 radical (unpaired) electrons. The van der Waals surface area contributed by atoms with Crippen molar-refractivity contribution in [3.05, 3.63) is 47.0 Å². The number of piperidine rings is 1. The summed E-state index contributed by atoms with van der Waals surface area (Å²) in [5, 5.41) is 2.74. The van der Waals surface area contributed by atoms with Gasteiger partial charge in [0.2, 0.25) is 5.88 Å². The maximum Gasteiger partial charge on any atom is 0.266 e. The van der Waals surface area contributed by atoms with Gasteiger partial charge in [-0.15, -0.1) is 0 Å². The van der Waals surface area contributed by atoms with Crippen molar-refractivity contribution in [3.8, 4) is 5.88 Å². The van der Waals surface area contributed by atoms with Gasteiger partial charge in [-0.3, -0.25) is 0 Å². The van der Waals surface area contributed by atoms with Crippen LogP contribution in [-0.2, 0) is 9.84 Å². The van der Waals surface area contributed by atoms with Crippen molar-refractivity contribution in [3.63, 3.8) is 0 Å². The lowest BCUT2D eigenvalue weighted by atomic mass is 10.0. The van der Waals surface area contributed by atoms with Crippen molar-refractivity contribution in [2.45, 2.75) is 49.3 Å². The predicted molar refractivity (Wildman–Crippen MR) is 130 cm³/mol. The zero-order valence-corrected chi connectivity index (χ0v) is 21.2. The summed E-state index contributed by atoms with van der Waals surface area (Å²) in [4.78, 5) is 15.0. The molecule has 8 nitrogen and oxygen atoms in total. The minimum absolute atomic E-state index is 0.0258. The molecular formula is C24H28F3N5O3S. The first-order valence-corrected chi connectivity index (χ1v) is 13.1. The molecule has 0 saturated carbocycles. The molecule has 0 unspecified atom stereocenters. The number of fused-ring (bicyclic) bond motifs is 1. The van der Waals surface area contributed by atoms with Crippen LogP contribution in [-0.4, -0.2) is 60.8 Å². The summed E-state index contributed by atoms with van der Waals surface area (Å²) >= 11 is 0. The number of benzene rings is 1. The lowest BCUT2D eigenvalue weighted by Crippen LogP contribution is -2.37. The van der Waals surface area contributed by atoms with Crippen LogP contribution in [0.3, 0.4) is 0 Å². The average Bonchev–Trinajstić information content (AvgIpc) is 2.83. The van der Waals surface area contributed by atoms with Gasteiger partial charge in [0.1, 0.15) is 22.4 Å². The summed E-state index contributed by atoms with van der Waals surface area (Å²) < 4.78 is 73.6. The van der Waals surface area contributed by atoms with Gasteiger partial charge in [-0.1, -0.05) is 18.2 Å². The Morgan fingerprint density at radius 2 is 1.81 bits per heavy atom. The highest BCUT2D eigenvalue weighted by Gasteiger charge is 2.34. The topological polar surface area (TPSA) is 97.3 Å². The lowest BCUT2D eigenvalue weighted by molar-refractivity contribution is 0.146. The molecule has 12 heteroatoms. The van der Waals surface area contributed by atoms with Crippen LogP contribution in [0, 0.1) is 12.7 Å². The zero-order chi connectivity index (χ0) is 26.2. The zero-order valence-electron chi connectivity index (χ0n) is 20.4. The maximum atomic E-state index is 14.8. The Morgan fingerprint density at radius 3 is 2.44 bits per heavy atom. The molecule has 1 aliphatic heterocycles. The van der Waals surface area contributed by atoms with Crippen LogP contribution in [0.4, 0.5) is 19.0 Å². The van der Waals surface area contributed by atoms with Gasteiger partial charge in [0.25, 0.3) is 6.43 Å². The molecule has 3 aromatic rings. The van der Waals surface area contributed by atoms with E-state index in [4.69, 9.17) is 4.74 Å². The van der Waals surface area contributed by atoms with E-state index in [-0.39, 0.29) is 27.8 Å². The molecule has 1 atom stereocenters. The van der Waals surface area contributed by atoms with Crippen molar-refractivity contribution >= 4 is 26.7 Å². The number of nitrogens with zero attached hydrogens (tertiary/aromatic N) is 4. The van der Waals surface area contributed by atoms with Crippen molar-refractivity contribution in [1.82, 2.24) is 19.9 Å². The second-order valence-electron chi connectivity index (χ2n) is 8.95. The average molecular weight is 524 g/mol. The summed E-state index contributed by atoms with van der Waals surface area (Å²) in [5.41, 5.74) is -0.473. The Balaban J connectivity index is 1.79. The van der Waals surface area contributed by atoms with Gasteiger partial charge in [-0.05, 0) is 52.9 Å². The molecule has 0 bridgehead atoms. The molecule has 0 spiro atoms. The molecule has 0 amide bonds. The second-order valence-corrected chi connectivity index (χ2v) is 11.1. The fourth-order valence-electron chi connectivity index (χ4n) is 4.42. The van der Waals surface area contributed by atoms with Crippen LogP contribution in [0.25, 0.3) is 11.0 Å². The molecule has 1 N–H and O–H groups in total. The van der Waals surface area contributed by atoms with E-state index in [2.05, 4.69) is 25.2 Å². The van der Waals surface area contributed by atoms with E-state index < -0.39 is 38.9 Å². The third kappa shape index (κ3) is 4.96. The van der Waals surface area contributed by atoms with E-state index in [1.807, 2.05) is 7.05 Å². The number of aryl methyl sites for hydroxylation is 1. The minimum Gasteiger partial charge on any atom is -0.480 e. The second kappa shape index (κ2) is 10.2. The molecule has 1 fully saturated rings. The Bertz CT molecular complexity index is 1380. The van der Waals surface area contributed by atoms with Crippen LogP contribution in [0.2, 0.25) is 0 Å². The highest BCUT2D eigenvalue weighted by atomic mass is 32.2. The summed E-state index contributed by atoms with van der Waals surface area (Å²) in [6.45, 7) is 4.54. The van der Waals surface area contributed by atoms with Crippen LogP contribution in [0.15, 0.2) is 29.2 Å². The number of pyridine rings is 1. The van der Waals surface area contributed by atoms with Gasteiger partial charge in [-0.2, -0.15) is 4.98 Å². The van der Waals surface area contributed by atoms with E-state index in [0.717, 1.165) is 6.07 Å². The number of ether oxygens (including phenoxy) is 1. The van der Waals surface area contributed by atoms with E-state index >= 15 is 0 Å². The molecule has 1 aromatic carbocycles. The lowest BCUT2D eigenvalue weighted by Gasteiger charge is -2.29. The third-order valence-corrected chi connectivity index (χ3v) is 8.70. The normalized spacial score (nSPS) is 16.4. The van der Waals surface area contributed by atoms with E-state index in [1.165, 1.54) is 25.3 Å². The molecule has 36 heavy (non-hydrogen) atoms. The number of alkyl halides is 2. The summed E-state index contributed by atoms with van der Waals surface area (Å²) in [6, 6.07) is 4.47. The summed E-state index contributed by atoms with van der Waals surface area (Å²) in [6.07, 6.45) is -2.00. The predicted octanol–water partition coefficient (Wildman–Crippen LogP) is 4.46. The number of aromatic nitrogens is 3. The minimum atomic E-state index is -3.79. The van der Waals surface area contributed by atoms with Crippen LogP contribution in [0.5, 0.6) is 5.88 Å². The molecule has 0 aliphatic carbocycles. The van der Waals surface area contributed by atoms with Crippen molar-refractivity contribution < 1.29 is 26.3 Å². The monoisotopic (exact) mass is 523 g/mol. The van der Waals surface area contributed by atoms with Gasteiger partial charge >= 0.3 is 0 Å². The van der Waals surface area contributed by atoms with E-state index in [1.54, 1.807) is 13.8 Å². The highest BCUT2D eigenvalue weighted by Crippen LogP contribution is 2.35. The molecule has 4 rings (SSSR count). The Kier molecular flexibility index (Phi) is 7.37. The number of methoxy groups -OCH3 is 1.